The molecule has 0 saturated carbocycles. The molecule has 12 heavy (non-hydrogen) atoms. The molecule has 0 aromatic carbocycles. The van der Waals surface area contributed by atoms with Gasteiger partial charge < -0.3 is 17.2 Å². The molecule has 0 spiro atoms. The van der Waals surface area contributed by atoms with Crippen molar-refractivity contribution in [1.29, 1.82) is 0 Å². The molecule has 0 aliphatic heterocycles. The van der Waals surface area contributed by atoms with E-state index >= 15 is 0 Å². The van der Waals surface area contributed by atoms with E-state index in [-0.39, 0.29) is 23.8 Å². The largest absolute Gasteiger partial charge is 0.325 e. The van der Waals surface area contributed by atoms with E-state index in [0.29, 0.717) is 0 Å². The Morgan fingerprint density at radius 3 is 1.83 bits per heavy atom. The first-order valence-corrected chi connectivity index (χ1v) is 4.31. The quantitative estimate of drug-likeness (QED) is 0.426. The van der Waals surface area contributed by atoms with Crippen LogP contribution in [0.15, 0.2) is 0 Å². The maximum Gasteiger partial charge on any atom is 0.0702 e. The van der Waals surface area contributed by atoms with E-state index in [0.717, 1.165) is 0 Å². The molecule has 4 heteroatoms. The zero-order chi connectivity index (χ0) is 9.94. The van der Waals surface area contributed by atoms with Crippen LogP contribution in [0.1, 0.15) is 27.7 Å². The number of rotatable bonds is 4. The zero-order valence-electron chi connectivity index (χ0n) is 8.46. The Labute approximate surface area is 74.9 Å². The molecule has 3 atom stereocenters. The lowest BCUT2D eigenvalue weighted by molar-refractivity contribution is 0.312. The van der Waals surface area contributed by atoms with Crippen molar-refractivity contribution in [2.45, 2.75) is 51.5 Å². The zero-order valence-corrected chi connectivity index (χ0v) is 8.46. The van der Waals surface area contributed by atoms with Gasteiger partial charge in [-0.15, -0.1) is 0 Å². The molecule has 0 aliphatic rings. The van der Waals surface area contributed by atoms with Crippen LogP contribution >= 0.6 is 0 Å². The molecule has 3 unspecified atom stereocenters. The summed E-state index contributed by atoms with van der Waals surface area (Å²) in [5.41, 5.74) is 16.9. The third-order valence-electron chi connectivity index (χ3n) is 2.12. The van der Waals surface area contributed by atoms with Crippen LogP contribution < -0.4 is 22.5 Å². The monoisotopic (exact) mass is 174 g/mol. The Morgan fingerprint density at radius 2 is 1.58 bits per heavy atom. The van der Waals surface area contributed by atoms with E-state index in [2.05, 4.69) is 5.32 Å². The van der Waals surface area contributed by atoms with Gasteiger partial charge in [0.2, 0.25) is 0 Å². The Kier molecular flexibility index (Phi) is 4.13. The van der Waals surface area contributed by atoms with Crippen molar-refractivity contribution in [2.75, 3.05) is 0 Å². The average Bonchev–Trinajstić information content (AvgIpc) is 1.85. The van der Waals surface area contributed by atoms with Gasteiger partial charge >= 0.3 is 0 Å². The maximum atomic E-state index is 5.87. The van der Waals surface area contributed by atoms with Gasteiger partial charge in [0.05, 0.1) is 6.17 Å². The van der Waals surface area contributed by atoms with E-state index in [1.54, 1.807) is 0 Å². The van der Waals surface area contributed by atoms with E-state index in [1.807, 2.05) is 27.7 Å². The van der Waals surface area contributed by atoms with Crippen molar-refractivity contribution in [3.8, 4) is 0 Å². The summed E-state index contributed by atoms with van der Waals surface area (Å²) in [6, 6.07) is 0.0910. The van der Waals surface area contributed by atoms with Crippen molar-refractivity contribution < 1.29 is 0 Å². The highest BCUT2D eigenvalue weighted by molar-refractivity contribution is 4.87. The summed E-state index contributed by atoms with van der Waals surface area (Å²) in [6.45, 7) is 7.79. The van der Waals surface area contributed by atoms with E-state index < -0.39 is 0 Å². The third-order valence-corrected chi connectivity index (χ3v) is 2.12. The molecule has 7 N–H and O–H groups in total. The Balaban J connectivity index is 3.93. The van der Waals surface area contributed by atoms with Crippen molar-refractivity contribution in [3.63, 3.8) is 0 Å². The van der Waals surface area contributed by atoms with Crippen LogP contribution in [0.3, 0.4) is 0 Å². The second-order valence-electron chi connectivity index (χ2n) is 4.09. The number of hydrogen-bond acceptors (Lipinski definition) is 4. The topological polar surface area (TPSA) is 90.1 Å². The Morgan fingerprint density at radius 1 is 1.17 bits per heavy atom. The van der Waals surface area contributed by atoms with Gasteiger partial charge in [-0.1, -0.05) is 0 Å². The first-order valence-electron chi connectivity index (χ1n) is 4.31. The molecule has 0 bridgehead atoms. The van der Waals surface area contributed by atoms with Crippen molar-refractivity contribution >= 4 is 0 Å². The third kappa shape index (κ3) is 4.01. The lowest BCUT2D eigenvalue weighted by atomic mass is 9.97. The summed E-state index contributed by atoms with van der Waals surface area (Å²) < 4.78 is 0. The molecule has 0 amide bonds. The van der Waals surface area contributed by atoms with Crippen LogP contribution in [0.5, 0.6) is 0 Å². The molecule has 0 saturated heterocycles. The molecule has 4 nitrogen and oxygen atoms in total. The van der Waals surface area contributed by atoms with Crippen molar-refractivity contribution in [1.82, 2.24) is 5.32 Å². The lowest BCUT2D eigenvalue weighted by Crippen LogP contribution is -2.60. The van der Waals surface area contributed by atoms with Gasteiger partial charge in [0.1, 0.15) is 0 Å². The van der Waals surface area contributed by atoms with Crippen LogP contribution in [-0.2, 0) is 0 Å². The van der Waals surface area contributed by atoms with Gasteiger partial charge in [-0.3, -0.25) is 5.32 Å². The molecule has 0 heterocycles. The first-order chi connectivity index (χ1) is 5.25. The summed E-state index contributed by atoms with van der Waals surface area (Å²) >= 11 is 0. The summed E-state index contributed by atoms with van der Waals surface area (Å²) in [5, 5.41) is 3.15. The molecule has 0 rings (SSSR count). The SMILES string of the molecule is CC(N)C(N)NC(C)C(C)(C)N. The fraction of sp³-hybridized carbons (Fsp3) is 1.00. The smallest absolute Gasteiger partial charge is 0.0702 e. The van der Waals surface area contributed by atoms with Gasteiger partial charge in [-0.2, -0.15) is 0 Å². The van der Waals surface area contributed by atoms with Crippen LogP contribution in [0.25, 0.3) is 0 Å². The molecule has 0 aliphatic carbocycles. The highest BCUT2D eigenvalue weighted by atomic mass is 15.1. The first kappa shape index (κ1) is 11.8. The molecular weight excluding hydrogens is 152 g/mol. The number of nitrogens with one attached hydrogen (secondary N) is 1. The van der Waals surface area contributed by atoms with Crippen LogP contribution in [0.4, 0.5) is 0 Å². The van der Waals surface area contributed by atoms with Gasteiger partial charge in [0, 0.05) is 17.6 Å². The Bertz CT molecular complexity index is 128. The fourth-order valence-electron chi connectivity index (χ4n) is 0.655. The molecule has 74 valence electrons. The molecule has 0 fully saturated rings. The van der Waals surface area contributed by atoms with Crippen LogP contribution in [0.2, 0.25) is 0 Å². The second kappa shape index (κ2) is 4.18. The Hall–Kier alpha value is -0.160. The lowest BCUT2D eigenvalue weighted by Gasteiger charge is -2.32. The van der Waals surface area contributed by atoms with Gasteiger partial charge in [-0.05, 0) is 27.7 Å². The highest BCUT2D eigenvalue weighted by Crippen LogP contribution is 2.04. The fourth-order valence-corrected chi connectivity index (χ4v) is 0.655. The van der Waals surface area contributed by atoms with Gasteiger partial charge in [-0.25, -0.2) is 0 Å². The molecule has 0 radical (unpaired) electrons. The molecule has 0 aromatic rings. The summed E-state index contributed by atoms with van der Waals surface area (Å²) in [7, 11) is 0. The minimum Gasteiger partial charge on any atom is -0.325 e. The highest BCUT2D eigenvalue weighted by Gasteiger charge is 2.22. The van der Waals surface area contributed by atoms with Gasteiger partial charge in [0.25, 0.3) is 0 Å². The standard InChI is InChI=1S/C8H22N4/c1-5(9)7(10)12-6(2)8(3,4)11/h5-7,12H,9-11H2,1-4H3. The van der Waals surface area contributed by atoms with Crippen molar-refractivity contribution in [2.24, 2.45) is 17.2 Å². The minimum absolute atomic E-state index is 0.0604. The summed E-state index contributed by atoms with van der Waals surface area (Å²) in [6.07, 6.45) is -0.192. The van der Waals surface area contributed by atoms with E-state index in [4.69, 9.17) is 17.2 Å². The summed E-state index contributed by atoms with van der Waals surface area (Å²) in [4.78, 5) is 0. The minimum atomic E-state index is -0.271. The average molecular weight is 174 g/mol. The summed E-state index contributed by atoms with van der Waals surface area (Å²) in [5.74, 6) is 0. The number of nitrogens with two attached hydrogens (primary N) is 3. The predicted molar refractivity (Wildman–Crippen MR) is 52.5 cm³/mol. The number of hydrogen-bond donors (Lipinski definition) is 4. The van der Waals surface area contributed by atoms with Crippen molar-refractivity contribution in [3.05, 3.63) is 0 Å². The van der Waals surface area contributed by atoms with Crippen LogP contribution in [0, 0.1) is 0 Å². The predicted octanol–water partition coefficient (Wildman–Crippen LogP) is -0.666. The van der Waals surface area contributed by atoms with E-state index in [9.17, 15) is 0 Å². The van der Waals surface area contributed by atoms with Gasteiger partial charge in [0.15, 0.2) is 0 Å². The van der Waals surface area contributed by atoms with E-state index in [1.165, 1.54) is 0 Å². The normalized spacial score (nSPS) is 20.2. The second-order valence-corrected chi connectivity index (χ2v) is 4.09. The van der Waals surface area contributed by atoms with Crippen LogP contribution in [-0.4, -0.2) is 23.8 Å². The molecule has 0 aromatic heterocycles. The molecular formula is C8H22N4. The maximum absolute atomic E-state index is 5.87.